The Kier molecular flexibility index (Phi) is 3.44. The van der Waals surface area contributed by atoms with Crippen LogP contribution < -0.4 is 4.74 Å². The number of halogens is 3. The van der Waals surface area contributed by atoms with Crippen LogP contribution >= 0.6 is 0 Å². The van der Waals surface area contributed by atoms with Crippen LogP contribution in [0, 0.1) is 10.1 Å². The van der Waals surface area contributed by atoms with E-state index in [2.05, 4.69) is 9.73 Å². The van der Waals surface area contributed by atoms with Gasteiger partial charge in [0.1, 0.15) is 0 Å². The van der Waals surface area contributed by atoms with Gasteiger partial charge in [-0.05, 0) is 6.07 Å². The Balaban J connectivity index is 3.25. The van der Waals surface area contributed by atoms with Crippen molar-refractivity contribution in [3.8, 4) is 5.75 Å². The molecule has 0 amide bonds. The molecule has 17 heavy (non-hydrogen) atoms. The lowest BCUT2D eigenvalue weighted by atomic mass is 10.2. The largest absolute Gasteiger partial charge is 0.573 e. The van der Waals surface area contributed by atoms with Crippen LogP contribution in [0.4, 0.5) is 24.5 Å². The average Bonchev–Trinajstić information content (AvgIpc) is 2.15. The zero-order valence-electron chi connectivity index (χ0n) is 7.89. The summed E-state index contributed by atoms with van der Waals surface area (Å²) in [6.07, 6.45) is -3.98. The van der Waals surface area contributed by atoms with E-state index in [-0.39, 0.29) is 5.69 Å². The minimum Gasteiger partial charge on any atom is -0.398 e. The number of hydrogen-bond donors (Lipinski definition) is 0. The fourth-order valence-electron chi connectivity index (χ4n) is 0.982. The Labute approximate surface area is 91.5 Å². The first-order valence-electron chi connectivity index (χ1n) is 3.95. The third-order valence-electron chi connectivity index (χ3n) is 1.54. The Morgan fingerprint density at radius 3 is 2.53 bits per heavy atom. The number of alkyl halides is 3. The highest BCUT2D eigenvalue weighted by molar-refractivity contribution is 5.58. The molecule has 0 atom stereocenters. The van der Waals surface area contributed by atoms with Gasteiger partial charge < -0.3 is 4.74 Å². The van der Waals surface area contributed by atoms with E-state index in [1.165, 1.54) is 0 Å². The molecule has 0 radical (unpaired) electrons. The predicted molar refractivity (Wildman–Crippen MR) is 47.6 cm³/mol. The summed E-state index contributed by atoms with van der Waals surface area (Å²) in [6.45, 7) is 0. The van der Waals surface area contributed by atoms with Crippen molar-refractivity contribution in [3.63, 3.8) is 0 Å². The number of aliphatic imine (C=N–C) groups is 1. The van der Waals surface area contributed by atoms with Gasteiger partial charge in [-0.15, -0.1) is 13.2 Å². The number of nitro groups is 1. The van der Waals surface area contributed by atoms with Crippen molar-refractivity contribution < 1.29 is 27.6 Å². The zero-order valence-corrected chi connectivity index (χ0v) is 7.89. The highest BCUT2D eigenvalue weighted by Crippen LogP contribution is 2.34. The topological polar surface area (TPSA) is 81.8 Å². The van der Waals surface area contributed by atoms with Gasteiger partial charge in [0.05, 0.1) is 10.6 Å². The van der Waals surface area contributed by atoms with Crippen LogP contribution in [0.2, 0.25) is 0 Å². The average molecular weight is 248 g/mol. The molecule has 0 aromatic heterocycles. The fraction of sp³-hybridized carbons (Fsp3) is 0.125. The first-order valence-corrected chi connectivity index (χ1v) is 3.95. The third-order valence-corrected chi connectivity index (χ3v) is 1.54. The van der Waals surface area contributed by atoms with Crippen LogP contribution in [0.3, 0.4) is 0 Å². The molecule has 0 bridgehead atoms. The molecular formula is C8H3F3N2O4. The second-order valence-corrected chi connectivity index (χ2v) is 2.66. The Morgan fingerprint density at radius 2 is 2.06 bits per heavy atom. The van der Waals surface area contributed by atoms with Gasteiger partial charge in [0, 0.05) is 12.1 Å². The number of rotatable bonds is 3. The number of nitro benzene ring substituents is 1. The standard InChI is InChI=1S/C8H3F3N2O4/c9-8(10,11)17-7-3-5(12-4-14)1-2-6(7)13(15)16/h1-3H. The summed E-state index contributed by atoms with van der Waals surface area (Å²) in [5.41, 5.74) is -1.11. The van der Waals surface area contributed by atoms with E-state index in [1.807, 2.05) is 0 Å². The molecule has 0 aliphatic heterocycles. The second kappa shape index (κ2) is 4.62. The molecular weight excluding hydrogens is 245 g/mol. The molecule has 0 N–H and O–H groups in total. The summed E-state index contributed by atoms with van der Waals surface area (Å²) in [7, 11) is 0. The lowest BCUT2D eigenvalue weighted by Gasteiger charge is -2.08. The maximum atomic E-state index is 11.9. The third kappa shape index (κ3) is 3.58. The maximum absolute atomic E-state index is 11.9. The zero-order chi connectivity index (χ0) is 13.1. The summed E-state index contributed by atoms with van der Waals surface area (Å²) in [4.78, 5) is 22.3. The minimum atomic E-state index is -5.08. The summed E-state index contributed by atoms with van der Waals surface area (Å²) in [5, 5.41) is 10.4. The Hall–Kier alpha value is -2.41. The first-order chi connectivity index (χ1) is 7.83. The molecule has 0 heterocycles. The van der Waals surface area contributed by atoms with E-state index >= 15 is 0 Å². The number of ether oxygens (including phenoxy) is 1. The number of isocyanates is 1. The summed E-state index contributed by atoms with van der Waals surface area (Å²) >= 11 is 0. The molecule has 90 valence electrons. The van der Waals surface area contributed by atoms with Crippen molar-refractivity contribution in [1.29, 1.82) is 0 Å². The number of carbonyl (C=O) groups excluding carboxylic acids is 1. The molecule has 0 fully saturated rings. The van der Waals surface area contributed by atoms with Crippen molar-refractivity contribution >= 4 is 17.5 Å². The van der Waals surface area contributed by atoms with E-state index in [1.54, 1.807) is 0 Å². The van der Waals surface area contributed by atoms with Crippen LogP contribution in [0.15, 0.2) is 23.2 Å². The van der Waals surface area contributed by atoms with E-state index in [0.717, 1.165) is 18.2 Å². The molecule has 0 saturated heterocycles. The summed E-state index contributed by atoms with van der Waals surface area (Å²) in [6, 6.07) is 2.36. The lowest BCUT2D eigenvalue weighted by Crippen LogP contribution is -2.17. The van der Waals surface area contributed by atoms with E-state index in [4.69, 9.17) is 0 Å². The normalized spacial score (nSPS) is 10.5. The van der Waals surface area contributed by atoms with E-state index < -0.39 is 22.7 Å². The van der Waals surface area contributed by atoms with Gasteiger partial charge in [0.25, 0.3) is 0 Å². The summed E-state index contributed by atoms with van der Waals surface area (Å²) in [5.74, 6) is -1.04. The predicted octanol–water partition coefficient (Wildman–Crippen LogP) is 2.46. The van der Waals surface area contributed by atoms with Crippen LogP contribution in [0.1, 0.15) is 0 Å². The number of hydrogen-bond acceptors (Lipinski definition) is 5. The highest BCUT2D eigenvalue weighted by Gasteiger charge is 2.34. The molecule has 0 saturated carbocycles. The molecule has 9 heteroatoms. The highest BCUT2D eigenvalue weighted by atomic mass is 19.4. The maximum Gasteiger partial charge on any atom is 0.573 e. The summed E-state index contributed by atoms with van der Waals surface area (Å²) < 4.78 is 39.3. The molecule has 0 aliphatic rings. The van der Waals surface area contributed by atoms with Crippen molar-refractivity contribution in [3.05, 3.63) is 28.3 Å². The molecule has 0 spiro atoms. The van der Waals surface area contributed by atoms with E-state index in [9.17, 15) is 28.1 Å². The Bertz CT molecular complexity index is 494. The minimum absolute atomic E-state index is 0.232. The van der Waals surface area contributed by atoms with Crippen molar-refractivity contribution in [2.75, 3.05) is 0 Å². The van der Waals surface area contributed by atoms with Crippen LogP contribution in [0.5, 0.6) is 5.75 Å². The van der Waals surface area contributed by atoms with E-state index in [0.29, 0.717) is 6.07 Å². The molecule has 0 aliphatic carbocycles. The fourth-order valence-corrected chi connectivity index (χ4v) is 0.982. The van der Waals surface area contributed by atoms with Gasteiger partial charge in [0.2, 0.25) is 11.8 Å². The monoisotopic (exact) mass is 248 g/mol. The van der Waals surface area contributed by atoms with Crippen LogP contribution in [-0.4, -0.2) is 17.4 Å². The van der Waals surface area contributed by atoms with Crippen molar-refractivity contribution in [2.24, 2.45) is 4.99 Å². The van der Waals surface area contributed by atoms with Crippen LogP contribution in [0.25, 0.3) is 0 Å². The molecule has 0 unspecified atom stereocenters. The van der Waals surface area contributed by atoms with Crippen LogP contribution in [-0.2, 0) is 4.79 Å². The molecule has 6 nitrogen and oxygen atoms in total. The molecule has 1 aromatic carbocycles. The Morgan fingerprint density at radius 1 is 1.41 bits per heavy atom. The quantitative estimate of drug-likeness (QED) is 0.356. The second-order valence-electron chi connectivity index (χ2n) is 2.66. The lowest BCUT2D eigenvalue weighted by molar-refractivity contribution is -0.388. The smallest absolute Gasteiger partial charge is 0.398 e. The molecule has 1 aromatic rings. The first kappa shape index (κ1) is 12.7. The number of nitrogens with zero attached hydrogens (tertiary/aromatic N) is 2. The van der Waals surface area contributed by atoms with Gasteiger partial charge in [0.15, 0.2) is 0 Å². The van der Waals surface area contributed by atoms with Gasteiger partial charge >= 0.3 is 12.0 Å². The van der Waals surface area contributed by atoms with Gasteiger partial charge in [-0.2, -0.15) is 4.99 Å². The van der Waals surface area contributed by atoms with Crippen molar-refractivity contribution in [1.82, 2.24) is 0 Å². The van der Waals surface area contributed by atoms with Gasteiger partial charge in [-0.3, -0.25) is 10.1 Å². The molecule has 1 rings (SSSR count). The SMILES string of the molecule is O=C=Nc1ccc([N+](=O)[O-])c(OC(F)(F)F)c1. The van der Waals surface area contributed by atoms with Gasteiger partial charge in [-0.1, -0.05) is 0 Å². The number of benzene rings is 1. The van der Waals surface area contributed by atoms with Gasteiger partial charge in [-0.25, -0.2) is 4.79 Å². The van der Waals surface area contributed by atoms with Crippen molar-refractivity contribution in [2.45, 2.75) is 6.36 Å².